The molecule has 0 unspecified atom stereocenters. The summed E-state index contributed by atoms with van der Waals surface area (Å²) in [5.74, 6) is 0.796. The van der Waals surface area contributed by atoms with E-state index in [1.165, 1.54) is 12.8 Å². The predicted octanol–water partition coefficient (Wildman–Crippen LogP) is 3.02. The van der Waals surface area contributed by atoms with Gasteiger partial charge in [0.1, 0.15) is 5.75 Å². The molecule has 1 aliphatic rings. The van der Waals surface area contributed by atoms with Crippen molar-refractivity contribution in [2.24, 2.45) is 0 Å². The van der Waals surface area contributed by atoms with Crippen LogP contribution in [0, 0.1) is 0 Å². The van der Waals surface area contributed by atoms with Crippen LogP contribution >= 0.6 is 11.6 Å². The predicted molar refractivity (Wildman–Crippen MR) is 84.1 cm³/mol. The molecule has 0 radical (unpaired) electrons. The molecule has 1 aromatic carbocycles. The van der Waals surface area contributed by atoms with Crippen LogP contribution < -0.4 is 10.1 Å². The first-order chi connectivity index (χ1) is 10.3. The summed E-state index contributed by atoms with van der Waals surface area (Å²) in [5, 5.41) is 4.16. The standard InChI is InChI=1S/C16H24ClNO3/c1-19-10-11-20-8-3-9-21-16-13(4-2-5-15(16)17)12-18-14-6-7-14/h2,4-5,14,18H,3,6-12H2,1H3. The molecule has 1 aliphatic carbocycles. The van der Waals surface area contributed by atoms with E-state index in [9.17, 15) is 0 Å². The maximum atomic E-state index is 6.24. The van der Waals surface area contributed by atoms with E-state index in [0.717, 1.165) is 24.3 Å². The second kappa shape index (κ2) is 9.26. The third-order valence-electron chi connectivity index (χ3n) is 3.32. The molecule has 21 heavy (non-hydrogen) atoms. The van der Waals surface area contributed by atoms with Crippen LogP contribution in [0.1, 0.15) is 24.8 Å². The number of ether oxygens (including phenoxy) is 3. The maximum absolute atomic E-state index is 6.24. The Morgan fingerprint density at radius 3 is 2.81 bits per heavy atom. The van der Waals surface area contributed by atoms with Gasteiger partial charge in [-0.25, -0.2) is 0 Å². The van der Waals surface area contributed by atoms with Crippen LogP contribution in [0.25, 0.3) is 0 Å². The van der Waals surface area contributed by atoms with Crippen LogP contribution in [-0.4, -0.2) is 39.6 Å². The van der Waals surface area contributed by atoms with Crippen molar-refractivity contribution in [1.29, 1.82) is 0 Å². The van der Waals surface area contributed by atoms with Gasteiger partial charge in [-0.15, -0.1) is 0 Å². The lowest BCUT2D eigenvalue weighted by Crippen LogP contribution is -2.16. The van der Waals surface area contributed by atoms with Gasteiger partial charge < -0.3 is 19.5 Å². The second-order valence-corrected chi connectivity index (χ2v) is 5.60. The van der Waals surface area contributed by atoms with E-state index >= 15 is 0 Å². The fourth-order valence-electron chi connectivity index (χ4n) is 1.98. The molecule has 0 aliphatic heterocycles. The molecular formula is C16H24ClNO3. The summed E-state index contributed by atoms with van der Waals surface area (Å²) in [6.07, 6.45) is 3.38. The van der Waals surface area contributed by atoms with Crippen LogP contribution in [0.4, 0.5) is 0 Å². The molecule has 1 saturated carbocycles. The lowest BCUT2D eigenvalue weighted by atomic mass is 10.2. The number of rotatable bonds is 11. The van der Waals surface area contributed by atoms with Crippen LogP contribution in [-0.2, 0) is 16.0 Å². The van der Waals surface area contributed by atoms with Gasteiger partial charge in [0.2, 0.25) is 0 Å². The van der Waals surface area contributed by atoms with E-state index in [0.29, 0.717) is 37.5 Å². The van der Waals surface area contributed by atoms with Crippen molar-refractivity contribution < 1.29 is 14.2 Å². The highest BCUT2D eigenvalue weighted by Gasteiger charge is 2.21. The van der Waals surface area contributed by atoms with Crippen molar-refractivity contribution >= 4 is 11.6 Å². The zero-order chi connectivity index (χ0) is 14.9. The van der Waals surface area contributed by atoms with Crippen molar-refractivity contribution in [2.45, 2.75) is 31.8 Å². The quantitative estimate of drug-likeness (QED) is 0.637. The number of nitrogens with one attached hydrogen (secondary N) is 1. The Morgan fingerprint density at radius 2 is 2.05 bits per heavy atom. The number of methoxy groups -OCH3 is 1. The van der Waals surface area contributed by atoms with Crippen LogP contribution in [0.2, 0.25) is 5.02 Å². The lowest BCUT2D eigenvalue weighted by Gasteiger charge is -2.13. The van der Waals surface area contributed by atoms with Gasteiger partial charge in [-0.3, -0.25) is 0 Å². The Kier molecular flexibility index (Phi) is 7.30. The fraction of sp³-hybridized carbons (Fsp3) is 0.625. The minimum Gasteiger partial charge on any atom is -0.492 e. The van der Waals surface area contributed by atoms with Crippen molar-refractivity contribution in [3.05, 3.63) is 28.8 Å². The Hall–Kier alpha value is -0.810. The topological polar surface area (TPSA) is 39.7 Å². The fourth-order valence-corrected chi connectivity index (χ4v) is 2.22. The summed E-state index contributed by atoms with van der Waals surface area (Å²) in [7, 11) is 1.67. The minimum atomic E-state index is 0.604. The highest BCUT2D eigenvalue weighted by Crippen LogP contribution is 2.29. The van der Waals surface area contributed by atoms with E-state index in [1.807, 2.05) is 12.1 Å². The summed E-state index contributed by atoms with van der Waals surface area (Å²) in [6.45, 7) is 3.34. The van der Waals surface area contributed by atoms with Gasteiger partial charge in [-0.05, 0) is 18.9 Å². The minimum absolute atomic E-state index is 0.604. The Morgan fingerprint density at radius 1 is 1.19 bits per heavy atom. The second-order valence-electron chi connectivity index (χ2n) is 5.19. The highest BCUT2D eigenvalue weighted by molar-refractivity contribution is 6.32. The van der Waals surface area contributed by atoms with E-state index in [1.54, 1.807) is 7.11 Å². The third kappa shape index (κ3) is 6.22. The summed E-state index contributed by atoms with van der Waals surface area (Å²) in [5.41, 5.74) is 1.12. The molecule has 0 saturated heterocycles. The molecule has 1 N–H and O–H groups in total. The average molecular weight is 314 g/mol. The molecule has 0 heterocycles. The van der Waals surface area contributed by atoms with Gasteiger partial charge in [0, 0.05) is 38.3 Å². The van der Waals surface area contributed by atoms with Gasteiger partial charge >= 0.3 is 0 Å². The van der Waals surface area contributed by atoms with E-state index in [2.05, 4.69) is 11.4 Å². The molecule has 118 valence electrons. The highest BCUT2D eigenvalue weighted by atomic mass is 35.5. The molecule has 1 aromatic rings. The van der Waals surface area contributed by atoms with E-state index < -0.39 is 0 Å². The Labute approximate surface area is 131 Å². The molecule has 0 bridgehead atoms. The first-order valence-electron chi connectivity index (χ1n) is 7.51. The molecular weight excluding hydrogens is 290 g/mol. The van der Waals surface area contributed by atoms with E-state index in [-0.39, 0.29) is 0 Å². The molecule has 0 atom stereocenters. The monoisotopic (exact) mass is 313 g/mol. The average Bonchev–Trinajstić information content (AvgIpc) is 3.30. The van der Waals surface area contributed by atoms with Gasteiger partial charge in [-0.2, -0.15) is 0 Å². The smallest absolute Gasteiger partial charge is 0.142 e. The number of hydrogen-bond donors (Lipinski definition) is 1. The van der Waals surface area contributed by atoms with Crippen LogP contribution in [0.15, 0.2) is 18.2 Å². The van der Waals surface area contributed by atoms with Gasteiger partial charge in [0.25, 0.3) is 0 Å². The van der Waals surface area contributed by atoms with Gasteiger partial charge in [0.15, 0.2) is 0 Å². The normalized spacial score (nSPS) is 14.4. The SMILES string of the molecule is COCCOCCCOc1c(Cl)cccc1CNC1CC1. The zero-order valence-corrected chi connectivity index (χ0v) is 13.3. The molecule has 5 heteroatoms. The van der Waals surface area contributed by atoms with Crippen molar-refractivity contribution in [1.82, 2.24) is 5.32 Å². The Balaban J connectivity index is 1.72. The molecule has 0 amide bonds. The number of benzene rings is 1. The number of halogens is 1. The molecule has 0 spiro atoms. The first kappa shape index (κ1) is 16.6. The number of hydrogen-bond acceptors (Lipinski definition) is 4. The van der Waals surface area contributed by atoms with E-state index in [4.69, 9.17) is 25.8 Å². The Bertz CT molecular complexity index is 424. The summed E-state index contributed by atoms with van der Waals surface area (Å²) in [4.78, 5) is 0. The maximum Gasteiger partial charge on any atom is 0.142 e. The molecule has 1 fully saturated rings. The third-order valence-corrected chi connectivity index (χ3v) is 3.62. The lowest BCUT2D eigenvalue weighted by molar-refractivity contribution is 0.0644. The van der Waals surface area contributed by atoms with Crippen molar-refractivity contribution in [2.75, 3.05) is 33.5 Å². The molecule has 4 nitrogen and oxygen atoms in total. The zero-order valence-electron chi connectivity index (χ0n) is 12.6. The number of para-hydroxylation sites is 1. The van der Waals surface area contributed by atoms with Crippen molar-refractivity contribution in [3.63, 3.8) is 0 Å². The van der Waals surface area contributed by atoms with Crippen LogP contribution in [0.3, 0.4) is 0 Å². The molecule has 2 rings (SSSR count). The summed E-state index contributed by atoms with van der Waals surface area (Å²) < 4.78 is 16.2. The largest absolute Gasteiger partial charge is 0.492 e. The molecule has 0 aromatic heterocycles. The first-order valence-corrected chi connectivity index (χ1v) is 7.89. The summed E-state index contributed by atoms with van der Waals surface area (Å²) >= 11 is 6.24. The van der Waals surface area contributed by atoms with Crippen LogP contribution in [0.5, 0.6) is 5.75 Å². The van der Waals surface area contributed by atoms with Gasteiger partial charge in [-0.1, -0.05) is 23.7 Å². The van der Waals surface area contributed by atoms with Gasteiger partial charge in [0.05, 0.1) is 24.8 Å². The summed E-state index contributed by atoms with van der Waals surface area (Å²) in [6, 6.07) is 6.57. The van der Waals surface area contributed by atoms with Crippen molar-refractivity contribution in [3.8, 4) is 5.75 Å².